The average molecular weight is 390 g/mol. The second-order valence-corrected chi connectivity index (χ2v) is 7.86. The Balaban J connectivity index is 1.52. The van der Waals surface area contributed by atoms with Gasteiger partial charge in [0.15, 0.2) is 5.82 Å². The van der Waals surface area contributed by atoms with Gasteiger partial charge in [0, 0.05) is 13.5 Å². The molecule has 0 aromatic carbocycles. The summed E-state index contributed by atoms with van der Waals surface area (Å²) in [5.74, 6) is 0.527. The Bertz CT molecular complexity index is 867. The van der Waals surface area contributed by atoms with Crippen LogP contribution in [0.2, 0.25) is 0 Å². The van der Waals surface area contributed by atoms with Gasteiger partial charge in [0.05, 0.1) is 5.69 Å². The van der Waals surface area contributed by atoms with Gasteiger partial charge in [0.2, 0.25) is 0 Å². The summed E-state index contributed by atoms with van der Waals surface area (Å²) >= 11 is 0. The van der Waals surface area contributed by atoms with Gasteiger partial charge in [-0.3, -0.25) is 4.79 Å². The highest BCUT2D eigenvalue weighted by molar-refractivity contribution is 5.70. The van der Waals surface area contributed by atoms with E-state index in [9.17, 15) is 9.90 Å². The Morgan fingerprint density at radius 1 is 1.46 bits per heavy atom. The smallest absolute Gasteiger partial charge is 0.306 e. The number of nitrogens with zero attached hydrogens (tertiary/aromatic N) is 3. The molecule has 152 valence electrons. The monoisotopic (exact) mass is 390 g/mol. The topological polar surface area (TPSA) is 121 Å². The molecule has 2 aromatic heterocycles. The van der Waals surface area contributed by atoms with Crippen molar-refractivity contribution in [2.45, 2.75) is 56.5 Å². The zero-order chi connectivity index (χ0) is 19.9. The van der Waals surface area contributed by atoms with E-state index in [1.807, 2.05) is 0 Å². The van der Waals surface area contributed by atoms with Gasteiger partial charge in [0.25, 0.3) is 0 Å². The second kappa shape index (κ2) is 7.31. The summed E-state index contributed by atoms with van der Waals surface area (Å²) < 4.78 is 18.8. The van der Waals surface area contributed by atoms with E-state index < -0.39 is 23.9 Å². The molecule has 1 aliphatic heterocycles. The lowest BCUT2D eigenvalue weighted by Gasteiger charge is -2.30. The minimum Gasteiger partial charge on any atom is -0.462 e. The number of rotatable bonds is 6. The zero-order valence-corrected chi connectivity index (χ0v) is 16.1. The van der Waals surface area contributed by atoms with Crippen molar-refractivity contribution in [2.75, 3.05) is 19.5 Å². The van der Waals surface area contributed by atoms with Gasteiger partial charge in [-0.05, 0) is 37.8 Å². The molecule has 0 spiro atoms. The molecule has 1 saturated carbocycles. The van der Waals surface area contributed by atoms with E-state index in [1.165, 1.54) is 19.9 Å². The van der Waals surface area contributed by atoms with Gasteiger partial charge >= 0.3 is 5.97 Å². The van der Waals surface area contributed by atoms with Crippen molar-refractivity contribution in [3.8, 4) is 0 Å². The van der Waals surface area contributed by atoms with Gasteiger partial charge in [-0.25, -0.2) is 9.50 Å². The maximum absolute atomic E-state index is 12.1. The molecule has 0 bridgehead atoms. The Labute approximate surface area is 162 Å². The Morgan fingerprint density at radius 2 is 2.25 bits per heavy atom. The van der Waals surface area contributed by atoms with E-state index in [-0.39, 0.29) is 12.6 Å². The van der Waals surface area contributed by atoms with E-state index in [0.717, 1.165) is 12.8 Å². The van der Waals surface area contributed by atoms with Crippen molar-refractivity contribution in [2.24, 2.45) is 5.92 Å². The lowest BCUT2D eigenvalue weighted by molar-refractivity contribution is -0.163. The van der Waals surface area contributed by atoms with Gasteiger partial charge < -0.3 is 25.1 Å². The average Bonchev–Trinajstić information content (AvgIpc) is 3.16. The first-order valence-corrected chi connectivity index (χ1v) is 9.55. The summed E-state index contributed by atoms with van der Waals surface area (Å²) in [6, 6.07) is 3.56. The van der Waals surface area contributed by atoms with Crippen LogP contribution in [-0.2, 0) is 19.0 Å². The molecule has 1 saturated heterocycles. The normalized spacial score (nSPS) is 30.5. The number of esters is 1. The van der Waals surface area contributed by atoms with Crippen molar-refractivity contribution in [3.05, 3.63) is 24.2 Å². The number of carbonyl (C=O) groups excluding carboxylic acids is 1. The van der Waals surface area contributed by atoms with E-state index in [4.69, 9.17) is 19.9 Å². The Morgan fingerprint density at radius 3 is 2.93 bits per heavy atom. The van der Waals surface area contributed by atoms with Crippen LogP contribution in [0.3, 0.4) is 0 Å². The fourth-order valence-electron chi connectivity index (χ4n) is 4.09. The number of aliphatic hydroxyl groups excluding tert-OH is 1. The van der Waals surface area contributed by atoms with Crippen LogP contribution >= 0.6 is 0 Å². The molecular weight excluding hydrogens is 364 g/mol. The minimum absolute atomic E-state index is 0.00501. The molecule has 9 nitrogen and oxygen atoms in total. The highest BCUT2D eigenvalue weighted by Crippen LogP contribution is 2.42. The third-order valence-electron chi connectivity index (χ3n) is 5.87. The third kappa shape index (κ3) is 3.23. The number of methoxy groups -OCH3 is 1. The SMILES string of the molecule is CO[C@H]1[C@@H](O)[C@H](c2ccc3c(N)ncnn23)O[C@]1(C)COC(=O)CC1CCC1. The molecule has 3 N–H and O–H groups in total. The maximum Gasteiger partial charge on any atom is 0.306 e. The number of aliphatic hydroxyl groups is 1. The van der Waals surface area contributed by atoms with Crippen LogP contribution in [0.1, 0.15) is 44.4 Å². The highest BCUT2D eigenvalue weighted by Gasteiger charge is 2.54. The van der Waals surface area contributed by atoms with Crippen LogP contribution in [-0.4, -0.2) is 57.2 Å². The van der Waals surface area contributed by atoms with Gasteiger partial charge in [-0.1, -0.05) is 6.42 Å². The van der Waals surface area contributed by atoms with Crippen molar-refractivity contribution in [1.29, 1.82) is 0 Å². The number of hydrogen-bond donors (Lipinski definition) is 2. The van der Waals surface area contributed by atoms with Crippen LogP contribution in [0.4, 0.5) is 5.82 Å². The summed E-state index contributed by atoms with van der Waals surface area (Å²) in [6.07, 6.45) is 2.78. The maximum atomic E-state index is 12.1. The first-order valence-electron chi connectivity index (χ1n) is 9.55. The number of aromatic nitrogens is 3. The predicted octanol–water partition coefficient (Wildman–Crippen LogP) is 1.25. The van der Waals surface area contributed by atoms with E-state index in [2.05, 4.69) is 10.1 Å². The van der Waals surface area contributed by atoms with Crippen LogP contribution in [0.15, 0.2) is 18.5 Å². The first-order chi connectivity index (χ1) is 13.4. The Kier molecular flexibility index (Phi) is 4.98. The quantitative estimate of drug-likeness (QED) is 0.707. The molecule has 0 radical (unpaired) electrons. The standard InChI is InChI=1S/C19H26N4O5/c1-19(9-27-14(24)8-11-4-3-5-11)17(26-2)15(25)16(28-19)12-6-7-13-18(20)21-10-22-23(12)13/h6-7,10-11,15-17,25H,3-5,8-9H2,1-2H3,(H2,20,21,22)/t15-,16-,17-,19+/m0/s1. The largest absolute Gasteiger partial charge is 0.462 e. The summed E-state index contributed by atoms with van der Waals surface area (Å²) in [4.78, 5) is 16.1. The van der Waals surface area contributed by atoms with Crippen LogP contribution in [0, 0.1) is 5.92 Å². The van der Waals surface area contributed by atoms with Crippen LogP contribution in [0.5, 0.6) is 0 Å². The van der Waals surface area contributed by atoms with E-state index in [1.54, 1.807) is 23.6 Å². The molecule has 9 heteroatoms. The van der Waals surface area contributed by atoms with Crippen LogP contribution in [0.25, 0.3) is 5.52 Å². The molecule has 0 unspecified atom stereocenters. The number of fused-ring (bicyclic) bond motifs is 1. The summed E-state index contributed by atoms with van der Waals surface area (Å²) in [6.45, 7) is 1.78. The lowest BCUT2D eigenvalue weighted by Crippen LogP contribution is -2.46. The van der Waals surface area contributed by atoms with Crippen LogP contribution < -0.4 is 5.73 Å². The van der Waals surface area contributed by atoms with Gasteiger partial charge in [-0.15, -0.1) is 0 Å². The molecule has 4 rings (SSSR count). The van der Waals surface area contributed by atoms with Crippen molar-refractivity contribution < 1.29 is 24.1 Å². The molecule has 2 fully saturated rings. The van der Waals surface area contributed by atoms with Crippen molar-refractivity contribution in [3.63, 3.8) is 0 Å². The van der Waals surface area contributed by atoms with Gasteiger partial charge in [0.1, 0.15) is 42.4 Å². The van der Waals surface area contributed by atoms with Crippen molar-refractivity contribution >= 4 is 17.3 Å². The molecule has 1 aliphatic carbocycles. The molecule has 4 atom stereocenters. The number of nitrogen functional groups attached to an aromatic ring is 1. The predicted molar refractivity (Wildman–Crippen MR) is 99.4 cm³/mol. The Hall–Kier alpha value is -2.23. The van der Waals surface area contributed by atoms with Gasteiger partial charge in [-0.2, -0.15) is 5.10 Å². The lowest BCUT2D eigenvalue weighted by atomic mass is 9.83. The van der Waals surface area contributed by atoms with E-state index >= 15 is 0 Å². The third-order valence-corrected chi connectivity index (χ3v) is 5.87. The summed E-state index contributed by atoms with van der Waals surface area (Å²) in [7, 11) is 1.50. The number of ether oxygens (including phenoxy) is 3. The molecule has 3 heterocycles. The molecule has 2 aliphatic rings. The van der Waals surface area contributed by atoms with E-state index in [0.29, 0.717) is 29.4 Å². The molecule has 0 amide bonds. The zero-order valence-electron chi connectivity index (χ0n) is 16.1. The van der Waals surface area contributed by atoms with Crippen molar-refractivity contribution in [1.82, 2.24) is 14.6 Å². The number of carbonyl (C=O) groups is 1. The summed E-state index contributed by atoms with van der Waals surface area (Å²) in [5.41, 5.74) is 6.16. The highest BCUT2D eigenvalue weighted by atomic mass is 16.6. The molecule has 28 heavy (non-hydrogen) atoms. The fraction of sp³-hybridized carbons (Fsp3) is 0.632. The molecular formula is C19H26N4O5. The summed E-state index contributed by atoms with van der Waals surface area (Å²) in [5, 5.41) is 15.1. The first kappa shape index (κ1) is 19.1. The second-order valence-electron chi connectivity index (χ2n) is 7.86. The number of hydrogen-bond acceptors (Lipinski definition) is 8. The molecule has 2 aromatic rings. The minimum atomic E-state index is -0.989. The number of nitrogens with two attached hydrogens (primary N) is 1. The number of anilines is 1. The fourth-order valence-corrected chi connectivity index (χ4v) is 4.09.